The average molecular weight is 555 g/mol. The number of fused-ring (bicyclic) bond motifs is 1. The van der Waals surface area contributed by atoms with Gasteiger partial charge in [-0.2, -0.15) is 0 Å². The van der Waals surface area contributed by atoms with Crippen molar-refractivity contribution in [1.29, 1.82) is 0 Å². The molecule has 0 N–H and O–H groups in total. The SMILES string of the molecule is COc1cc([C@@H](C[N+](=O)[O-])Sc2nnc(C)n2-c2ccc(C)c(C)c2)ccc1OCc1cccc2ccccc12. The molecule has 0 saturated heterocycles. The van der Waals surface area contributed by atoms with Crippen LogP contribution >= 0.6 is 11.8 Å². The van der Waals surface area contributed by atoms with Gasteiger partial charge < -0.3 is 9.47 Å². The van der Waals surface area contributed by atoms with Crippen LogP contribution in [0.1, 0.15) is 33.3 Å². The predicted molar refractivity (Wildman–Crippen MR) is 157 cm³/mol. The van der Waals surface area contributed by atoms with Crippen molar-refractivity contribution >= 4 is 22.5 Å². The number of nitro groups is 1. The van der Waals surface area contributed by atoms with E-state index in [4.69, 9.17) is 9.47 Å². The molecule has 0 bridgehead atoms. The maximum atomic E-state index is 11.7. The molecule has 40 heavy (non-hydrogen) atoms. The molecule has 0 fully saturated rings. The van der Waals surface area contributed by atoms with Crippen molar-refractivity contribution < 1.29 is 14.4 Å². The fourth-order valence-electron chi connectivity index (χ4n) is 4.63. The zero-order chi connectivity index (χ0) is 28.2. The van der Waals surface area contributed by atoms with E-state index in [1.165, 1.54) is 17.3 Å². The summed E-state index contributed by atoms with van der Waals surface area (Å²) in [6.45, 7) is 6.06. The molecular formula is C31H30N4O4S. The van der Waals surface area contributed by atoms with Gasteiger partial charge in [0.25, 0.3) is 0 Å². The first kappa shape index (κ1) is 27.2. The number of rotatable bonds is 10. The van der Waals surface area contributed by atoms with Crippen molar-refractivity contribution in [3.63, 3.8) is 0 Å². The maximum absolute atomic E-state index is 11.7. The molecule has 0 saturated carbocycles. The fraction of sp³-hybridized carbons (Fsp3) is 0.226. The fourth-order valence-corrected chi connectivity index (χ4v) is 5.80. The van der Waals surface area contributed by atoms with E-state index >= 15 is 0 Å². The van der Waals surface area contributed by atoms with Crippen LogP contribution in [0.5, 0.6) is 11.5 Å². The summed E-state index contributed by atoms with van der Waals surface area (Å²) in [4.78, 5) is 11.4. The summed E-state index contributed by atoms with van der Waals surface area (Å²) in [5, 5.41) is 22.7. The summed E-state index contributed by atoms with van der Waals surface area (Å²) in [6.07, 6.45) is 0. The first-order chi connectivity index (χ1) is 19.3. The van der Waals surface area contributed by atoms with E-state index in [9.17, 15) is 10.1 Å². The molecule has 9 heteroatoms. The van der Waals surface area contributed by atoms with Gasteiger partial charge in [-0.1, -0.05) is 66.4 Å². The van der Waals surface area contributed by atoms with Gasteiger partial charge >= 0.3 is 0 Å². The van der Waals surface area contributed by atoms with Gasteiger partial charge in [0.15, 0.2) is 16.7 Å². The summed E-state index contributed by atoms with van der Waals surface area (Å²) in [7, 11) is 1.57. The predicted octanol–water partition coefficient (Wildman–Crippen LogP) is 7.04. The molecule has 0 aliphatic carbocycles. The normalized spacial score (nSPS) is 11.9. The second-order valence-corrected chi connectivity index (χ2v) is 10.8. The van der Waals surface area contributed by atoms with Crippen LogP contribution in [-0.4, -0.2) is 33.3 Å². The van der Waals surface area contributed by atoms with Gasteiger partial charge in [-0.15, -0.1) is 10.2 Å². The molecule has 0 aliphatic rings. The average Bonchev–Trinajstić information content (AvgIpc) is 3.32. The van der Waals surface area contributed by atoms with Crippen molar-refractivity contribution in [3.05, 3.63) is 117 Å². The molecular weight excluding hydrogens is 524 g/mol. The number of nitrogens with zero attached hydrogens (tertiary/aromatic N) is 4. The quantitative estimate of drug-likeness (QED) is 0.104. The van der Waals surface area contributed by atoms with Crippen LogP contribution < -0.4 is 9.47 Å². The summed E-state index contributed by atoms with van der Waals surface area (Å²) < 4.78 is 13.8. The van der Waals surface area contributed by atoms with Gasteiger partial charge in [-0.05, 0) is 78.1 Å². The van der Waals surface area contributed by atoms with Crippen LogP contribution in [0, 0.1) is 30.9 Å². The van der Waals surface area contributed by atoms with Crippen molar-refractivity contribution in [2.24, 2.45) is 0 Å². The number of aromatic nitrogens is 3. The Kier molecular flexibility index (Phi) is 8.02. The lowest BCUT2D eigenvalue weighted by atomic mass is 10.1. The Morgan fingerprint density at radius 2 is 1.73 bits per heavy atom. The van der Waals surface area contributed by atoms with Crippen LogP contribution in [0.25, 0.3) is 16.5 Å². The zero-order valence-electron chi connectivity index (χ0n) is 22.8. The second kappa shape index (κ2) is 11.8. The summed E-state index contributed by atoms with van der Waals surface area (Å²) in [5.74, 6) is 1.79. The van der Waals surface area contributed by atoms with E-state index < -0.39 is 5.25 Å². The standard InChI is InChI=1S/C31H30N4O4S/c1-20-12-14-26(16-21(20)2)35-22(3)32-33-31(35)40-30(18-34(36)37)24-13-15-28(29(17-24)38-4)39-19-25-10-7-9-23-8-5-6-11-27(23)25/h5-17,30H,18-19H2,1-4H3/t30-/m1/s1. The van der Waals surface area contributed by atoms with Crippen LogP contribution in [-0.2, 0) is 6.61 Å². The number of aryl methyl sites for hydroxylation is 3. The van der Waals surface area contributed by atoms with Gasteiger partial charge in [0, 0.05) is 10.6 Å². The largest absolute Gasteiger partial charge is 0.493 e. The third-order valence-corrected chi connectivity index (χ3v) is 8.11. The van der Waals surface area contributed by atoms with Crippen LogP contribution in [0.15, 0.2) is 84.0 Å². The smallest absolute Gasteiger partial charge is 0.220 e. The number of ether oxygens (including phenoxy) is 2. The lowest BCUT2D eigenvalue weighted by Gasteiger charge is -2.17. The Hall–Kier alpha value is -4.37. The van der Waals surface area contributed by atoms with Crippen LogP contribution in [0.4, 0.5) is 0 Å². The van der Waals surface area contributed by atoms with Crippen molar-refractivity contribution in [1.82, 2.24) is 14.8 Å². The van der Waals surface area contributed by atoms with Crippen molar-refractivity contribution in [2.45, 2.75) is 37.8 Å². The molecule has 0 aliphatic heterocycles. The zero-order valence-corrected chi connectivity index (χ0v) is 23.6. The monoisotopic (exact) mass is 554 g/mol. The van der Waals surface area contributed by atoms with E-state index in [2.05, 4.69) is 54.4 Å². The first-order valence-electron chi connectivity index (χ1n) is 12.9. The summed E-state index contributed by atoms with van der Waals surface area (Å²) >= 11 is 1.31. The minimum absolute atomic E-state index is 0.289. The molecule has 0 unspecified atom stereocenters. The van der Waals surface area contributed by atoms with E-state index in [0.29, 0.717) is 29.1 Å². The highest BCUT2D eigenvalue weighted by Crippen LogP contribution is 2.40. The molecule has 1 aromatic heterocycles. The molecule has 1 atom stereocenters. The minimum Gasteiger partial charge on any atom is -0.493 e. The molecule has 4 aromatic carbocycles. The van der Waals surface area contributed by atoms with Crippen molar-refractivity contribution in [3.8, 4) is 17.2 Å². The number of thioether (sulfide) groups is 1. The lowest BCUT2D eigenvalue weighted by Crippen LogP contribution is -2.11. The highest BCUT2D eigenvalue weighted by atomic mass is 32.2. The second-order valence-electron chi connectivity index (χ2n) is 9.59. The summed E-state index contributed by atoms with van der Waals surface area (Å²) in [5.41, 5.74) is 5.05. The van der Waals surface area contributed by atoms with Gasteiger partial charge in [-0.25, -0.2) is 0 Å². The Bertz CT molecular complexity index is 1680. The number of methoxy groups -OCH3 is 1. The van der Waals surface area contributed by atoms with Crippen LogP contribution in [0.3, 0.4) is 0 Å². The minimum atomic E-state index is -0.523. The van der Waals surface area contributed by atoms with Gasteiger partial charge in [0.05, 0.1) is 7.11 Å². The highest BCUT2D eigenvalue weighted by molar-refractivity contribution is 7.99. The molecule has 1 heterocycles. The Balaban J connectivity index is 1.42. The Labute approximate surface area is 237 Å². The number of benzene rings is 4. The molecule has 0 spiro atoms. The maximum Gasteiger partial charge on any atom is 0.220 e. The molecule has 5 rings (SSSR count). The van der Waals surface area contributed by atoms with Crippen molar-refractivity contribution in [2.75, 3.05) is 13.7 Å². The van der Waals surface area contributed by atoms with E-state index in [1.54, 1.807) is 7.11 Å². The summed E-state index contributed by atoms with van der Waals surface area (Å²) in [6, 6.07) is 25.9. The highest BCUT2D eigenvalue weighted by Gasteiger charge is 2.25. The number of hydrogen-bond acceptors (Lipinski definition) is 7. The molecule has 0 amide bonds. The van der Waals surface area contributed by atoms with E-state index in [1.807, 2.05) is 60.0 Å². The molecule has 204 valence electrons. The number of hydrogen-bond donors (Lipinski definition) is 0. The lowest BCUT2D eigenvalue weighted by molar-refractivity contribution is -0.479. The van der Waals surface area contributed by atoms with Gasteiger partial charge in [-0.3, -0.25) is 14.7 Å². The first-order valence-corrected chi connectivity index (χ1v) is 13.8. The third-order valence-electron chi connectivity index (χ3n) is 6.93. The third kappa shape index (κ3) is 5.79. The van der Waals surface area contributed by atoms with Crippen LogP contribution in [0.2, 0.25) is 0 Å². The van der Waals surface area contributed by atoms with Gasteiger partial charge in [0.2, 0.25) is 6.54 Å². The topological polar surface area (TPSA) is 92.3 Å². The molecule has 0 radical (unpaired) electrons. The molecule has 5 aromatic rings. The van der Waals surface area contributed by atoms with E-state index in [-0.39, 0.29) is 11.5 Å². The Morgan fingerprint density at radius 3 is 2.50 bits per heavy atom. The van der Waals surface area contributed by atoms with Gasteiger partial charge in [0.1, 0.15) is 17.7 Å². The Morgan fingerprint density at radius 1 is 0.925 bits per heavy atom. The van der Waals surface area contributed by atoms with E-state index in [0.717, 1.165) is 33.2 Å². The molecule has 8 nitrogen and oxygen atoms in total.